The van der Waals surface area contributed by atoms with Crippen LogP contribution in [-0.4, -0.2) is 26.9 Å². The van der Waals surface area contributed by atoms with Gasteiger partial charge in [-0.05, 0) is 29.3 Å². The van der Waals surface area contributed by atoms with Gasteiger partial charge in [0.1, 0.15) is 5.69 Å². The zero-order chi connectivity index (χ0) is 14.3. The second-order valence-corrected chi connectivity index (χ2v) is 4.83. The van der Waals surface area contributed by atoms with Gasteiger partial charge < -0.3 is 15.2 Å². The normalized spacial score (nSPS) is 14.1. The second-order valence-electron chi connectivity index (χ2n) is 4.83. The van der Waals surface area contributed by atoms with Gasteiger partial charge in [-0.15, -0.1) is 4.91 Å². The third-order valence-corrected chi connectivity index (χ3v) is 3.40. The van der Waals surface area contributed by atoms with Gasteiger partial charge in [0.05, 0.1) is 19.8 Å². The minimum absolute atomic E-state index is 0.259. The van der Waals surface area contributed by atoms with E-state index in [-0.39, 0.29) is 5.41 Å². The van der Waals surface area contributed by atoms with E-state index < -0.39 is 0 Å². The van der Waals surface area contributed by atoms with Crippen molar-refractivity contribution in [2.24, 2.45) is 5.18 Å². The van der Waals surface area contributed by atoms with Gasteiger partial charge in [-0.25, -0.2) is 0 Å². The van der Waals surface area contributed by atoms with E-state index in [2.05, 4.69) is 19.0 Å². The largest absolute Gasteiger partial charge is 0.399 e. The Morgan fingerprint density at radius 2 is 2.11 bits per heavy atom. The highest BCUT2D eigenvalue weighted by Gasteiger charge is 2.28. The van der Waals surface area contributed by atoms with Gasteiger partial charge in [0.25, 0.3) is 0 Å². The van der Waals surface area contributed by atoms with Gasteiger partial charge >= 0.3 is 0 Å². The summed E-state index contributed by atoms with van der Waals surface area (Å²) in [6, 6.07) is 5.24. The monoisotopic (exact) mass is 266 g/mol. The standard InChI is InChI=1S/C14H22N2O3/c1-4-14(2,10-19-8-7-18-3)12-6-5-11(15)9-13(12)16-17/h5-6,9H,4,7-8,10,15H2,1-3H3. The summed E-state index contributed by atoms with van der Waals surface area (Å²) < 4.78 is 10.6. The third-order valence-electron chi connectivity index (χ3n) is 3.40. The summed E-state index contributed by atoms with van der Waals surface area (Å²) >= 11 is 0. The van der Waals surface area contributed by atoms with Crippen molar-refractivity contribution >= 4 is 11.4 Å². The lowest BCUT2D eigenvalue weighted by Crippen LogP contribution is -2.28. The summed E-state index contributed by atoms with van der Waals surface area (Å²) in [4.78, 5) is 11.0. The van der Waals surface area contributed by atoms with Crippen molar-refractivity contribution in [3.8, 4) is 0 Å². The van der Waals surface area contributed by atoms with Crippen molar-refractivity contribution in [3.63, 3.8) is 0 Å². The number of nitrogen functional groups attached to an aromatic ring is 1. The smallest absolute Gasteiger partial charge is 0.113 e. The number of benzene rings is 1. The molecule has 1 rings (SSSR count). The van der Waals surface area contributed by atoms with Gasteiger partial charge in [-0.1, -0.05) is 19.9 Å². The van der Waals surface area contributed by atoms with Gasteiger partial charge in [0, 0.05) is 18.2 Å². The first-order valence-corrected chi connectivity index (χ1v) is 6.37. The lowest BCUT2D eigenvalue weighted by Gasteiger charge is -2.29. The SMILES string of the molecule is CCC(C)(COCCOC)c1ccc(N)cc1N=O. The number of nitroso groups, excluding NO2 is 1. The fourth-order valence-electron chi connectivity index (χ4n) is 1.94. The fourth-order valence-corrected chi connectivity index (χ4v) is 1.94. The molecule has 1 aromatic rings. The van der Waals surface area contributed by atoms with Crippen LogP contribution in [0.25, 0.3) is 0 Å². The fraction of sp³-hybridized carbons (Fsp3) is 0.571. The number of hydrogen-bond acceptors (Lipinski definition) is 5. The molecule has 0 heterocycles. The molecule has 106 valence electrons. The van der Waals surface area contributed by atoms with E-state index in [0.717, 1.165) is 12.0 Å². The predicted octanol–water partition coefficient (Wildman–Crippen LogP) is 3.00. The zero-order valence-corrected chi connectivity index (χ0v) is 11.8. The minimum Gasteiger partial charge on any atom is -0.399 e. The Balaban J connectivity index is 2.91. The Kier molecular flexibility index (Phi) is 5.92. The molecule has 0 fully saturated rings. The molecule has 0 bridgehead atoms. The second kappa shape index (κ2) is 7.21. The number of nitrogens with two attached hydrogens (primary N) is 1. The van der Waals surface area contributed by atoms with Crippen molar-refractivity contribution in [2.45, 2.75) is 25.7 Å². The number of nitrogens with zero attached hydrogens (tertiary/aromatic N) is 1. The van der Waals surface area contributed by atoms with Crippen LogP contribution >= 0.6 is 0 Å². The molecule has 0 aliphatic heterocycles. The number of ether oxygens (including phenoxy) is 2. The molecule has 5 nitrogen and oxygen atoms in total. The molecule has 0 spiro atoms. The molecular formula is C14H22N2O3. The highest BCUT2D eigenvalue weighted by Crippen LogP contribution is 2.36. The van der Waals surface area contributed by atoms with E-state index in [9.17, 15) is 4.91 Å². The summed E-state index contributed by atoms with van der Waals surface area (Å²) in [5.41, 5.74) is 7.22. The van der Waals surface area contributed by atoms with E-state index in [0.29, 0.717) is 31.2 Å². The molecule has 0 saturated carbocycles. The first-order valence-electron chi connectivity index (χ1n) is 6.37. The molecule has 5 heteroatoms. The Bertz CT molecular complexity index is 423. The Morgan fingerprint density at radius 3 is 2.68 bits per heavy atom. The maximum atomic E-state index is 11.0. The molecule has 2 N–H and O–H groups in total. The topological polar surface area (TPSA) is 73.9 Å². The summed E-state index contributed by atoms with van der Waals surface area (Å²) in [6.45, 7) is 5.72. The van der Waals surface area contributed by atoms with Gasteiger partial charge in [0.15, 0.2) is 0 Å². The molecule has 1 unspecified atom stereocenters. The lowest BCUT2D eigenvalue weighted by atomic mass is 9.80. The molecule has 19 heavy (non-hydrogen) atoms. The van der Waals surface area contributed by atoms with E-state index in [1.165, 1.54) is 0 Å². The minimum atomic E-state index is -0.259. The molecule has 0 aliphatic carbocycles. The molecule has 0 amide bonds. The average Bonchev–Trinajstić information content (AvgIpc) is 2.43. The molecule has 1 aromatic carbocycles. The third kappa shape index (κ3) is 4.01. The van der Waals surface area contributed by atoms with Crippen LogP contribution in [0.1, 0.15) is 25.8 Å². The van der Waals surface area contributed by atoms with Crippen molar-refractivity contribution in [2.75, 3.05) is 32.7 Å². The zero-order valence-electron chi connectivity index (χ0n) is 11.8. The van der Waals surface area contributed by atoms with E-state index in [1.54, 1.807) is 19.2 Å². The van der Waals surface area contributed by atoms with Crippen LogP contribution in [0, 0.1) is 4.91 Å². The maximum Gasteiger partial charge on any atom is 0.113 e. The number of methoxy groups -OCH3 is 1. The highest BCUT2D eigenvalue weighted by molar-refractivity contribution is 5.58. The molecule has 0 radical (unpaired) electrons. The molecule has 0 aromatic heterocycles. The van der Waals surface area contributed by atoms with Crippen LogP contribution in [0.15, 0.2) is 23.4 Å². The summed E-state index contributed by atoms with van der Waals surface area (Å²) in [5.74, 6) is 0. The summed E-state index contributed by atoms with van der Waals surface area (Å²) in [5, 5.41) is 3.08. The molecular weight excluding hydrogens is 244 g/mol. The van der Waals surface area contributed by atoms with Crippen LogP contribution in [0.4, 0.5) is 11.4 Å². The molecule has 1 atom stereocenters. The number of rotatable bonds is 8. The Labute approximate surface area is 114 Å². The predicted molar refractivity (Wildman–Crippen MR) is 76.6 cm³/mol. The van der Waals surface area contributed by atoms with Gasteiger partial charge in [-0.3, -0.25) is 0 Å². The molecule has 0 aliphatic rings. The van der Waals surface area contributed by atoms with E-state index in [4.69, 9.17) is 15.2 Å². The first kappa shape index (κ1) is 15.6. The van der Waals surface area contributed by atoms with Crippen molar-refractivity contribution in [3.05, 3.63) is 28.7 Å². The highest BCUT2D eigenvalue weighted by atomic mass is 16.5. The Morgan fingerprint density at radius 1 is 1.37 bits per heavy atom. The van der Waals surface area contributed by atoms with Crippen molar-refractivity contribution in [1.82, 2.24) is 0 Å². The first-order chi connectivity index (χ1) is 9.07. The average molecular weight is 266 g/mol. The van der Waals surface area contributed by atoms with Crippen LogP contribution in [0.5, 0.6) is 0 Å². The Hall–Kier alpha value is -1.46. The van der Waals surface area contributed by atoms with Crippen molar-refractivity contribution in [1.29, 1.82) is 0 Å². The number of anilines is 1. The lowest BCUT2D eigenvalue weighted by molar-refractivity contribution is 0.0439. The van der Waals surface area contributed by atoms with Crippen LogP contribution < -0.4 is 5.73 Å². The van der Waals surface area contributed by atoms with Crippen LogP contribution in [0.3, 0.4) is 0 Å². The van der Waals surface area contributed by atoms with Gasteiger partial charge in [0.2, 0.25) is 0 Å². The van der Waals surface area contributed by atoms with E-state index >= 15 is 0 Å². The number of hydrogen-bond donors (Lipinski definition) is 1. The van der Waals surface area contributed by atoms with Crippen molar-refractivity contribution < 1.29 is 9.47 Å². The van der Waals surface area contributed by atoms with E-state index in [1.807, 2.05) is 6.07 Å². The van der Waals surface area contributed by atoms with Crippen LogP contribution in [0.2, 0.25) is 0 Å². The summed E-state index contributed by atoms with van der Waals surface area (Å²) in [6.07, 6.45) is 0.840. The van der Waals surface area contributed by atoms with Crippen LogP contribution in [-0.2, 0) is 14.9 Å². The maximum absolute atomic E-state index is 11.0. The summed E-state index contributed by atoms with van der Waals surface area (Å²) in [7, 11) is 1.64. The van der Waals surface area contributed by atoms with Gasteiger partial charge in [-0.2, -0.15) is 0 Å². The quantitative estimate of drug-likeness (QED) is 0.446. The molecule has 0 saturated heterocycles.